The first-order valence-electron chi connectivity index (χ1n) is 7.16. The maximum absolute atomic E-state index is 12.2. The molecule has 1 saturated heterocycles. The number of nitrogens with one attached hydrogen (secondary N) is 2. The van der Waals surface area contributed by atoms with E-state index in [1.807, 2.05) is 13.0 Å². The van der Waals surface area contributed by atoms with Gasteiger partial charge in [-0.05, 0) is 31.5 Å². The molecule has 22 heavy (non-hydrogen) atoms. The molecule has 1 unspecified atom stereocenters. The van der Waals surface area contributed by atoms with Gasteiger partial charge in [-0.2, -0.15) is 0 Å². The van der Waals surface area contributed by atoms with Crippen molar-refractivity contribution < 1.29 is 4.79 Å². The molecule has 1 amide bonds. The van der Waals surface area contributed by atoms with E-state index in [4.69, 9.17) is 23.2 Å². The van der Waals surface area contributed by atoms with Crippen LogP contribution in [-0.2, 0) is 4.79 Å². The average molecular weight is 367 g/mol. The molecular formula is C15H22Cl3N3O. The zero-order valence-electron chi connectivity index (χ0n) is 12.7. The van der Waals surface area contributed by atoms with Gasteiger partial charge >= 0.3 is 0 Å². The van der Waals surface area contributed by atoms with Gasteiger partial charge in [-0.1, -0.05) is 29.3 Å². The van der Waals surface area contributed by atoms with Gasteiger partial charge in [0.15, 0.2) is 0 Å². The Morgan fingerprint density at radius 1 is 1.50 bits per heavy atom. The number of carbonyl (C=O) groups excluding carboxylic acids is 1. The van der Waals surface area contributed by atoms with Crippen LogP contribution < -0.4 is 10.6 Å². The molecule has 1 aliphatic heterocycles. The van der Waals surface area contributed by atoms with Crippen molar-refractivity contribution in [1.82, 2.24) is 15.5 Å². The molecule has 0 aromatic heterocycles. The van der Waals surface area contributed by atoms with Crippen LogP contribution in [0.2, 0.25) is 10.0 Å². The first-order chi connectivity index (χ1) is 9.97. The number of halogens is 3. The molecule has 4 nitrogen and oxygen atoms in total. The van der Waals surface area contributed by atoms with Crippen LogP contribution in [0.15, 0.2) is 18.2 Å². The van der Waals surface area contributed by atoms with Crippen LogP contribution >= 0.6 is 35.6 Å². The molecule has 2 N–H and O–H groups in total. The molecule has 0 radical (unpaired) electrons. The van der Waals surface area contributed by atoms with Crippen molar-refractivity contribution in [2.45, 2.75) is 25.9 Å². The third kappa shape index (κ3) is 5.28. The molecule has 0 bridgehead atoms. The molecular weight excluding hydrogens is 345 g/mol. The van der Waals surface area contributed by atoms with Gasteiger partial charge in [0.1, 0.15) is 0 Å². The molecule has 1 aromatic carbocycles. The van der Waals surface area contributed by atoms with E-state index in [1.165, 1.54) is 0 Å². The predicted octanol–water partition coefficient (Wildman–Crippen LogP) is 2.89. The lowest BCUT2D eigenvalue weighted by Crippen LogP contribution is -2.52. The van der Waals surface area contributed by atoms with Gasteiger partial charge < -0.3 is 10.6 Å². The molecule has 0 saturated carbocycles. The number of nitrogens with zero attached hydrogens (tertiary/aromatic N) is 1. The summed E-state index contributed by atoms with van der Waals surface area (Å²) in [6.45, 7) is 7.21. The third-order valence-corrected chi connectivity index (χ3v) is 4.35. The Hall–Kier alpha value is -0.520. The summed E-state index contributed by atoms with van der Waals surface area (Å²) in [5.41, 5.74) is 0.878. The number of piperazine rings is 1. The van der Waals surface area contributed by atoms with E-state index in [2.05, 4.69) is 22.5 Å². The minimum absolute atomic E-state index is 0. The number of amides is 1. The number of hydrogen-bond acceptors (Lipinski definition) is 3. The summed E-state index contributed by atoms with van der Waals surface area (Å²) in [6, 6.07) is 5.56. The van der Waals surface area contributed by atoms with Gasteiger partial charge in [-0.3, -0.25) is 9.69 Å². The van der Waals surface area contributed by atoms with Crippen LogP contribution in [0, 0.1) is 0 Å². The molecule has 2 rings (SSSR count). The fraction of sp³-hybridized carbons (Fsp3) is 0.533. The van der Waals surface area contributed by atoms with E-state index < -0.39 is 0 Å². The second kappa shape index (κ2) is 8.94. The van der Waals surface area contributed by atoms with Crippen LogP contribution in [0.5, 0.6) is 0 Å². The quantitative estimate of drug-likeness (QED) is 0.861. The minimum atomic E-state index is -0.138. The number of benzene rings is 1. The fourth-order valence-corrected chi connectivity index (χ4v) is 3.09. The Balaban J connectivity index is 0.00000242. The summed E-state index contributed by atoms with van der Waals surface area (Å²) in [4.78, 5) is 14.4. The minimum Gasteiger partial charge on any atom is -0.348 e. The van der Waals surface area contributed by atoms with Crippen LogP contribution in [0.25, 0.3) is 0 Å². The first-order valence-corrected chi connectivity index (χ1v) is 7.92. The molecule has 1 fully saturated rings. The number of rotatable bonds is 4. The van der Waals surface area contributed by atoms with E-state index in [0.29, 0.717) is 22.6 Å². The maximum Gasteiger partial charge on any atom is 0.234 e. The van der Waals surface area contributed by atoms with Gasteiger partial charge in [0.05, 0.1) is 12.6 Å². The lowest BCUT2D eigenvalue weighted by molar-refractivity contribution is -0.123. The highest BCUT2D eigenvalue weighted by Crippen LogP contribution is 2.26. The van der Waals surface area contributed by atoms with Crippen molar-refractivity contribution in [3.8, 4) is 0 Å². The molecule has 124 valence electrons. The summed E-state index contributed by atoms with van der Waals surface area (Å²) in [5, 5.41) is 7.48. The number of hydrogen-bond donors (Lipinski definition) is 2. The molecule has 1 aromatic rings. The van der Waals surface area contributed by atoms with Gasteiger partial charge in [0, 0.05) is 35.7 Å². The maximum atomic E-state index is 12.2. The van der Waals surface area contributed by atoms with Crippen molar-refractivity contribution in [1.29, 1.82) is 0 Å². The summed E-state index contributed by atoms with van der Waals surface area (Å²) in [7, 11) is 0. The van der Waals surface area contributed by atoms with E-state index in [9.17, 15) is 4.79 Å². The standard InChI is InChI=1S/C15H21Cl2N3O.ClH/c1-10-8-18-5-6-20(10)9-15(21)19-11(2)13-4-3-12(16)7-14(13)17;/h3-4,7,10-11,18H,5-6,8-9H2,1-2H3,(H,19,21);1H/t10-,11?;/m1./s1. The van der Waals surface area contributed by atoms with Crippen LogP contribution in [0.3, 0.4) is 0 Å². The lowest BCUT2D eigenvalue weighted by atomic mass is 10.1. The van der Waals surface area contributed by atoms with E-state index in [1.54, 1.807) is 12.1 Å². The molecule has 0 spiro atoms. The SMILES string of the molecule is CC(NC(=O)CN1CCNC[C@H]1C)c1ccc(Cl)cc1Cl.Cl. The Morgan fingerprint density at radius 2 is 2.23 bits per heavy atom. The van der Waals surface area contributed by atoms with Gasteiger partial charge in [-0.25, -0.2) is 0 Å². The van der Waals surface area contributed by atoms with Gasteiger partial charge in [0.2, 0.25) is 5.91 Å². The third-order valence-electron chi connectivity index (χ3n) is 3.79. The Labute approximate surface area is 147 Å². The Kier molecular flexibility index (Phi) is 7.94. The van der Waals surface area contributed by atoms with E-state index >= 15 is 0 Å². The van der Waals surface area contributed by atoms with Gasteiger partial charge in [0.25, 0.3) is 0 Å². The van der Waals surface area contributed by atoms with Crippen LogP contribution in [0.1, 0.15) is 25.5 Å². The lowest BCUT2D eigenvalue weighted by Gasteiger charge is -2.33. The highest BCUT2D eigenvalue weighted by Gasteiger charge is 2.21. The molecule has 7 heteroatoms. The Bertz CT molecular complexity index is 513. The number of carbonyl (C=O) groups is 1. The predicted molar refractivity (Wildman–Crippen MR) is 94.2 cm³/mol. The molecule has 2 atom stereocenters. The summed E-state index contributed by atoms with van der Waals surface area (Å²) < 4.78 is 0. The average Bonchev–Trinajstić information content (AvgIpc) is 2.41. The monoisotopic (exact) mass is 365 g/mol. The summed E-state index contributed by atoms with van der Waals surface area (Å²) >= 11 is 12.1. The van der Waals surface area contributed by atoms with E-state index in [-0.39, 0.29) is 24.4 Å². The second-order valence-electron chi connectivity index (χ2n) is 5.48. The smallest absolute Gasteiger partial charge is 0.234 e. The molecule has 0 aliphatic carbocycles. The van der Waals surface area contributed by atoms with Crippen molar-refractivity contribution in [2.75, 3.05) is 26.2 Å². The topological polar surface area (TPSA) is 44.4 Å². The molecule has 1 aliphatic rings. The first kappa shape index (κ1) is 19.5. The van der Waals surface area contributed by atoms with Crippen molar-refractivity contribution >= 4 is 41.5 Å². The van der Waals surface area contributed by atoms with Crippen LogP contribution in [-0.4, -0.2) is 43.0 Å². The van der Waals surface area contributed by atoms with Crippen molar-refractivity contribution in [2.24, 2.45) is 0 Å². The normalized spacial score (nSPS) is 20.1. The summed E-state index contributed by atoms with van der Waals surface area (Å²) in [5.74, 6) is 0.0160. The highest BCUT2D eigenvalue weighted by atomic mass is 35.5. The van der Waals surface area contributed by atoms with E-state index in [0.717, 1.165) is 25.2 Å². The Morgan fingerprint density at radius 3 is 2.86 bits per heavy atom. The summed E-state index contributed by atoms with van der Waals surface area (Å²) in [6.07, 6.45) is 0. The molecule has 1 heterocycles. The second-order valence-corrected chi connectivity index (χ2v) is 6.32. The van der Waals surface area contributed by atoms with Crippen LogP contribution in [0.4, 0.5) is 0 Å². The van der Waals surface area contributed by atoms with Crippen molar-refractivity contribution in [3.05, 3.63) is 33.8 Å². The van der Waals surface area contributed by atoms with Gasteiger partial charge in [-0.15, -0.1) is 12.4 Å². The zero-order valence-corrected chi connectivity index (χ0v) is 15.1. The van der Waals surface area contributed by atoms with Crippen molar-refractivity contribution in [3.63, 3.8) is 0 Å². The highest BCUT2D eigenvalue weighted by molar-refractivity contribution is 6.35. The largest absolute Gasteiger partial charge is 0.348 e. The zero-order chi connectivity index (χ0) is 15.4. The fourth-order valence-electron chi connectivity index (χ4n) is 2.52.